The van der Waals surface area contributed by atoms with Gasteiger partial charge in [-0.05, 0) is 32.0 Å². The lowest BCUT2D eigenvalue weighted by atomic mass is 10.1. The molecule has 0 atom stereocenters. The van der Waals surface area contributed by atoms with Crippen LogP contribution in [0.1, 0.15) is 13.8 Å². The minimum Gasteiger partial charge on any atom is -0.374 e. The summed E-state index contributed by atoms with van der Waals surface area (Å²) in [5.74, 6) is 0.0831. The Kier molecular flexibility index (Phi) is 2.57. The fourth-order valence-corrected chi connectivity index (χ4v) is 1.98. The van der Waals surface area contributed by atoms with Crippen LogP contribution in [0, 0.1) is 0 Å². The van der Waals surface area contributed by atoms with Crippen molar-refractivity contribution in [2.45, 2.75) is 19.9 Å². The number of carbonyl (C=O) groups is 1. The molecule has 1 aromatic rings. The van der Waals surface area contributed by atoms with Crippen LogP contribution in [0.3, 0.4) is 0 Å². The van der Waals surface area contributed by atoms with E-state index in [0.29, 0.717) is 11.6 Å². The van der Waals surface area contributed by atoms with Crippen LogP contribution in [-0.4, -0.2) is 18.5 Å². The number of amides is 1. The molecule has 0 saturated carbocycles. The Morgan fingerprint density at radius 1 is 1.47 bits per heavy atom. The lowest BCUT2D eigenvalue weighted by molar-refractivity contribution is -0.117. The lowest BCUT2D eigenvalue weighted by Gasteiger charge is -2.33. The molecule has 0 bridgehead atoms. The molecule has 1 heterocycles. The van der Waals surface area contributed by atoms with E-state index in [2.05, 4.69) is 5.32 Å². The van der Waals surface area contributed by atoms with Crippen molar-refractivity contribution in [3.05, 3.63) is 23.2 Å². The number of hydrogen-bond acceptors (Lipinski definition) is 2. The zero-order valence-electron chi connectivity index (χ0n) is 8.75. The first-order chi connectivity index (χ1) is 7.09. The fourth-order valence-electron chi connectivity index (χ4n) is 1.81. The molecule has 1 N–H and O–H groups in total. The summed E-state index contributed by atoms with van der Waals surface area (Å²) in [5.41, 5.74) is 1.83. The summed E-state index contributed by atoms with van der Waals surface area (Å²) in [6.07, 6.45) is 0. The van der Waals surface area contributed by atoms with E-state index >= 15 is 0 Å². The Labute approximate surface area is 94.0 Å². The normalized spacial score (nSPS) is 15.2. The van der Waals surface area contributed by atoms with Crippen LogP contribution in [0.2, 0.25) is 5.02 Å². The highest BCUT2D eigenvalue weighted by Crippen LogP contribution is 2.33. The van der Waals surface area contributed by atoms with Crippen LogP contribution in [0.5, 0.6) is 0 Å². The van der Waals surface area contributed by atoms with Crippen molar-refractivity contribution < 1.29 is 4.79 Å². The summed E-state index contributed by atoms with van der Waals surface area (Å²) in [6.45, 7) is 4.34. The Bertz CT molecular complexity index is 404. The van der Waals surface area contributed by atoms with Gasteiger partial charge in [-0.2, -0.15) is 0 Å². The predicted octanol–water partition coefficient (Wildman–Crippen LogP) is 2.51. The second kappa shape index (κ2) is 3.74. The first-order valence-electron chi connectivity index (χ1n) is 4.95. The molecule has 0 aliphatic carbocycles. The van der Waals surface area contributed by atoms with E-state index < -0.39 is 0 Å². The molecule has 0 aromatic heterocycles. The number of hydrogen-bond donors (Lipinski definition) is 1. The molecule has 80 valence electrons. The third-order valence-corrected chi connectivity index (χ3v) is 2.67. The fraction of sp³-hybridized carbons (Fsp3) is 0.364. The Hall–Kier alpha value is -1.22. The van der Waals surface area contributed by atoms with Gasteiger partial charge >= 0.3 is 0 Å². The van der Waals surface area contributed by atoms with Crippen molar-refractivity contribution in [1.82, 2.24) is 0 Å². The maximum atomic E-state index is 11.7. The number of nitrogens with zero attached hydrogens (tertiary/aromatic N) is 1. The molecule has 1 amide bonds. The zero-order valence-corrected chi connectivity index (χ0v) is 9.51. The number of anilines is 2. The SMILES string of the molecule is CC(C)N1C(=O)CNc2ccc(Cl)cc21. The van der Waals surface area contributed by atoms with Crippen molar-refractivity contribution >= 4 is 28.9 Å². The Morgan fingerprint density at radius 3 is 2.87 bits per heavy atom. The Morgan fingerprint density at radius 2 is 2.20 bits per heavy atom. The number of fused-ring (bicyclic) bond motifs is 1. The first-order valence-corrected chi connectivity index (χ1v) is 5.33. The molecule has 0 spiro atoms. The average molecular weight is 225 g/mol. The van der Waals surface area contributed by atoms with E-state index in [-0.39, 0.29) is 11.9 Å². The van der Waals surface area contributed by atoms with Crippen molar-refractivity contribution in [3.8, 4) is 0 Å². The maximum Gasteiger partial charge on any atom is 0.246 e. The van der Waals surface area contributed by atoms with Crippen LogP contribution in [-0.2, 0) is 4.79 Å². The molecule has 3 nitrogen and oxygen atoms in total. The van der Waals surface area contributed by atoms with Gasteiger partial charge in [-0.15, -0.1) is 0 Å². The van der Waals surface area contributed by atoms with Gasteiger partial charge in [-0.25, -0.2) is 0 Å². The van der Waals surface area contributed by atoms with Gasteiger partial charge in [0.2, 0.25) is 5.91 Å². The number of carbonyl (C=O) groups excluding carboxylic acids is 1. The number of nitrogens with one attached hydrogen (secondary N) is 1. The number of halogens is 1. The van der Waals surface area contributed by atoms with Gasteiger partial charge in [0.15, 0.2) is 0 Å². The summed E-state index contributed by atoms with van der Waals surface area (Å²) in [7, 11) is 0. The summed E-state index contributed by atoms with van der Waals surface area (Å²) in [6, 6.07) is 5.69. The predicted molar refractivity (Wildman–Crippen MR) is 62.6 cm³/mol. The van der Waals surface area contributed by atoms with Crippen LogP contribution in [0.25, 0.3) is 0 Å². The molecule has 1 aliphatic rings. The van der Waals surface area contributed by atoms with E-state index in [1.54, 1.807) is 4.90 Å². The molecule has 0 fully saturated rings. The average Bonchev–Trinajstić information content (AvgIpc) is 2.16. The third kappa shape index (κ3) is 1.79. The van der Waals surface area contributed by atoms with Gasteiger partial charge in [0.25, 0.3) is 0 Å². The minimum absolute atomic E-state index is 0.0831. The van der Waals surface area contributed by atoms with E-state index in [9.17, 15) is 4.79 Å². The minimum atomic E-state index is 0.0831. The first kappa shape index (κ1) is 10.3. The molecule has 15 heavy (non-hydrogen) atoms. The van der Waals surface area contributed by atoms with Gasteiger partial charge in [0.1, 0.15) is 0 Å². The topological polar surface area (TPSA) is 32.3 Å². The third-order valence-electron chi connectivity index (χ3n) is 2.43. The second-order valence-electron chi connectivity index (χ2n) is 3.87. The summed E-state index contributed by atoms with van der Waals surface area (Å²) < 4.78 is 0. The molecule has 1 aromatic carbocycles. The molecule has 0 saturated heterocycles. The molecular formula is C11H13ClN2O. The smallest absolute Gasteiger partial charge is 0.246 e. The van der Waals surface area contributed by atoms with Crippen molar-refractivity contribution in [2.24, 2.45) is 0 Å². The molecule has 1 aliphatic heterocycles. The van der Waals surface area contributed by atoms with Crippen molar-refractivity contribution in [2.75, 3.05) is 16.8 Å². The molecule has 0 radical (unpaired) electrons. The zero-order chi connectivity index (χ0) is 11.0. The second-order valence-corrected chi connectivity index (χ2v) is 4.31. The lowest BCUT2D eigenvalue weighted by Crippen LogP contribution is -2.44. The molecule has 4 heteroatoms. The summed E-state index contributed by atoms with van der Waals surface area (Å²) >= 11 is 5.93. The van der Waals surface area contributed by atoms with E-state index in [1.165, 1.54) is 0 Å². The highest BCUT2D eigenvalue weighted by atomic mass is 35.5. The Balaban J connectivity index is 2.50. The van der Waals surface area contributed by atoms with Crippen LogP contribution in [0.4, 0.5) is 11.4 Å². The van der Waals surface area contributed by atoms with Gasteiger partial charge in [-0.1, -0.05) is 11.6 Å². The van der Waals surface area contributed by atoms with Gasteiger partial charge in [0, 0.05) is 11.1 Å². The number of rotatable bonds is 1. The van der Waals surface area contributed by atoms with E-state index in [1.807, 2.05) is 32.0 Å². The quantitative estimate of drug-likeness (QED) is 0.795. The summed E-state index contributed by atoms with van der Waals surface area (Å²) in [5, 5.41) is 3.72. The van der Waals surface area contributed by atoms with Crippen LogP contribution < -0.4 is 10.2 Å². The standard InChI is InChI=1S/C11H13ClN2O/c1-7(2)14-10-5-8(12)3-4-9(10)13-6-11(14)15/h3-5,7,13H,6H2,1-2H3. The van der Waals surface area contributed by atoms with Crippen molar-refractivity contribution in [1.29, 1.82) is 0 Å². The highest BCUT2D eigenvalue weighted by molar-refractivity contribution is 6.31. The molecule has 0 unspecified atom stereocenters. The summed E-state index contributed by atoms with van der Waals surface area (Å²) in [4.78, 5) is 13.5. The van der Waals surface area contributed by atoms with Crippen LogP contribution in [0.15, 0.2) is 18.2 Å². The highest BCUT2D eigenvalue weighted by Gasteiger charge is 2.25. The van der Waals surface area contributed by atoms with Gasteiger partial charge in [-0.3, -0.25) is 4.79 Å². The van der Waals surface area contributed by atoms with E-state index in [0.717, 1.165) is 11.4 Å². The largest absolute Gasteiger partial charge is 0.374 e. The van der Waals surface area contributed by atoms with Gasteiger partial charge in [0.05, 0.1) is 17.9 Å². The number of benzene rings is 1. The monoisotopic (exact) mass is 224 g/mol. The van der Waals surface area contributed by atoms with E-state index in [4.69, 9.17) is 11.6 Å². The van der Waals surface area contributed by atoms with Crippen molar-refractivity contribution in [3.63, 3.8) is 0 Å². The molecule has 2 rings (SSSR count). The maximum absolute atomic E-state index is 11.7. The molecular weight excluding hydrogens is 212 g/mol. The van der Waals surface area contributed by atoms with Gasteiger partial charge < -0.3 is 10.2 Å². The van der Waals surface area contributed by atoms with Crippen LogP contribution >= 0.6 is 11.6 Å².